The van der Waals surface area contributed by atoms with Crippen LogP contribution < -0.4 is 0 Å². The number of aryl methyl sites for hydroxylation is 1. The second-order valence-corrected chi connectivity index (χ2v) is 4.06. The molecule has 0 saturated heterocycles. The number of benzene rings is 1. The predicted octanol–water partition coefficient (Wildman–Crippen LogP) is 3.71. The molecule has 1 aromatic carbocycles. The molecule has 2 nitrogen and oxygen atoms in total. The summed E-state index contributed by atoms with van der Waals surface area (Å²) in [6.45, 7) is 9.55. The minimum Gasteiger partial charge on any atom is -0.342 e. The number of imidazole rings is 1. The zero-order chi connectivity index (χ0) is 12.3. The summed E-state index contributed by atoms with van der Waals surface area (Å²) in [6.07, 6.45) is 6.30. The fourth-order valence-corrected chi connectivity index (χ4v) is 1.80. The second-order valence-electron chi connectivity index (χ2n) is 4.06. The van der Waals surface area contributed by atoms with Gasteiger partial charge in [0, 0.05) is 6.42 Å². The van der Waals surface area contributed by atoms with E-state index in [1.165, 1.54) is 5.56 Å². The van der Waals surface area contributed by atoms with Crippen LogP contribution in [0.15, 0.2) is 55.2 Å². The monoisotopic (exact) mass is 224 g/mol. The van der Waals surface area contributed by atoms with Crippen molar-refractivity contribution in [3.63, 3.8) is 0 Å². The van der Waals surface area contributed by atoms with Gasteiger partial charge in [0.2, 0.25) is 0 Å². The molecule has 0 aliphatic heterocycles. The Kier molecular flexibility index (Phi) is 3.24. The summed E-state index contributed by atoms with van der Waals surface area (Å²) in [5.41, 5.74) is 4.43. The summed E-state index contributed by atoms with van der Waals surface area (Å²) >= 11 is 0. The zero-order valence-electron chi connectivity index (χ0n) is 10.0. The Hall–Kier alpha value is -2.09. The number of rotatable bonds is 4. The molecule has 1 heterocycles. The van der Waals surface area contributed by atoms with Gasteiger partial charge in [0.05, 0.1) is 11.0 Å². The lowest BCUT2D eigenvalue weighted by atomic mass is 10.1. The van der Waals surface area contributed by atoms with E-state index < -0.39 is 0 Å². The molecule has 1 aromatic heterocycles. The Balaban J connectivity index is 2.33. The van der Waals surface area contributed by atoms with Gasteiger partial charge in [-0.25, -0.2) is 4.98 Å². The van der Waals surface area contributed by atoms with Gasteiger partial charge in [0.15, 0.2) is 0 Å². The Morgan fingerprint density at radius 1 is 1.41 bits per heavy atom. The van der Waals surface area contributed by atoms with Crippen LogP contribution in [0.1, 0.15) is 11.4 Å². The molecule has 17 heavy (non-hydrogen) atoms. The van der Waals surface area contributed by atoms with E-state index >= 15 is 0 Å². The maximum atomic E-state index is 4.55. The minimum atomic E-state index is 0.753. The Labute approximate surface area is 101 Å². The standard InChI is InChI=1S/C15H16N2/c1-4-6-12(5-2)10-15-16-13-8-7-11(3)9-14(13)17-15/h4-9H,1-2,10H2,3H3,(H,16,17)/b12-6+. The van der Waals surface area contributed by atoms with Crippen LogP contribution >= 0.6 is 0 Å². The molecule has 2 heteroatoms. The highest BCUT2D eigenvalue weighted by Crippen LogP contribution is 2.15. The van der Waals surface area contributed by atoms with Crippen molar-refractivity contribution in [2.45, 2.75) is 13.3 Å². The minimum absolute atomic E-state index is 0.753. The van der Waals surface area contributed by atoms with Crippen molar-refractivity contribution >= 4 is 11.0 Å². The third-order valence-electron chi connectivity index (χ3n) is 2.65. The van der Waals surface area contributed by atoms with Gasteiger partial charge < -0.3 is 4.98 Å². The average Bonchev–Trinajstić information content (AvgIpc) is 2.69. The maximum absolute atomic E-state index is 4.55. The first-order chi connectivity index (χ1) is 8.22. The van der Waals surface area contributed by atoms with E-state index in [2.05, 4.69) is 42.2 Å². The molecule has 0 bridgehead atoms. The van der Waals surface area contributed by atoms with E-state index in [0.29, 0.717) is 0 Å². The molecule has 0 fully saturated rings. The van der Waals surface area contributed by atoms with Crippen LogP contribution in [-0.2, 0) is 6.42 Å². The van der Waals surface area contributed by atoms with Crippen LogP contribution in [0, 0.1) is 6.92 Å². The lowest BCUT2D eigenvalue weighted by Gasteiger charge is -1.96. The normalized spacial score (nSPS) is 11.7. The molecule has 0 radical (unpaired) electrons. The number of H-pyrrole nitrogens is 1. The molecule has 0 aliphatic carbocycles. The molecule has 1 N–H and O–H groups in total. The molecule has 0 atom stereocenters. The Bertz CT molecular complexity index is 588. The summed E-state index contributed by atoms with van der Waals surface area (Å²) in [5, 5.41) is 0. The van der Waals surface area contributed by atoms with Crippen molar-refractivity contribution in [3.8, 4) is 0 Å². The summed E-state index contributed by atoms with van der Waals surface area (Å²) < 4.78 is 0. The van der Waals surface area contributed by atoms with Gasteiger partial charge in [-0.05, 0) is 30.2 Å². The number of nitrogens with one attached hydrogen (secondary N) is 1. The summed E-state index contributed by atoms with van der Waals surface area (Å²) in [4.78, 5) is 7.87. The van der Waals surface area contributed by atoms with Crippen LogP contribution in [0.4, 0.5) is 0 Å². The Morgan fingerprint density at radius 2 is 2.24 bits per heavy atom. The molecular formula is C15H16N2. The maximum Gasteiger partial charge on any atom is 0.111 e. The highest BCUT2D eigenvalue weighted by atomic mass is 14.9. The number of aromatic nitrogens is 2. The van der Waals surface area contributed by atoms with Crippen molar-refractivity contribution in [2.24, 2.45) is 0 Å². The number of aromatic amines is 1. The lowest BCUT2D eigenvalue weighted by molar-refractivity contribution is 1.04. The van der Waals surface area contributed by atoms with E-state index in [4.69, 9.17) is 0 Å². The third kappa shape index (κ3) is 2.53. The fraction of sp³-hybridized carbons (Fsp3) is 0.133. The summed E-state index contributed by atoms with van der Waals surface area (Å²) in [5.74, 6) is 0.957. The quantitative estimate of drug-likeness (QED) is 0.788. The van der Waals surface area contributed by atoms with Crippen molar-refractivity contribution in [3.05, 3.63) is 66.5 Å². The van der Waals surface area contributed by atoms with Crippen LogP contribution in [0.2, 0.25) is 0 Å². The molecule has 0 amide bonds. The number of allylic oxidation sites excluding steroid dienone is 4. The molecule has 0 saturated carbocycles. The molecule has 0 spiro atoms. The highest BCUT2D eigenvalue weighted by Gasteiger charge is 2.03. The van der Waals surface area contributed by atoms with E-state index in [0.717, 1.165) is 28.9 Å². The van der Waals surface area contributed by atoms with Crippen molar-refractivity contribution in [1.82, 2.24) is 9.97 Å². The largest absolute Gasteiger partial charge is 0.342 e. The van der Waals surface area contributed by atoms with E-state index in [9.17, 15) is 0 Å². The molecule has 2 aromatic rings. The van der Waals surface area contributed by atoms with Gasteiger partial charge in [0.25, 0.3) is 0 Å². The van der Waals surface area contributed by atoms with Crippen molar-refractivity contribution in [2.75, 3.05) is 0 Å². The number of hydrogen-bond acceptors (Lipinski definition) is 1. The first kappa shape index (κ1) is 11.4. The van der Waals surface area contributed by atoms with Gasteiger partial charge in [0.1, 0.15) is 5.82 Å². The zero-order valence-corrected chi connectivity index (χ0v) is 10.0. The fourth-order valence-electron chi connectivity index (χ4n) is 1.80. The second kappa shape index (κ2) is 4.83. The summed E-state index contributed by atoms with van der Waals surface area (Å²) in [7, 11) is 0. The molecule has 86 valence electrons. The van der Waals surface area contributed by atoms with Crippen LogP contribution in [0.3, 0.4) is 0 Å². The van der Waals surface area contributed by atoms with E-state index in [1.807, 2.05) is 18.2 Å². The van der Waals surface area contributed by atoms with Crippen LogP contribution in [0.5, 0.6) is 0 Å². The third-order valence-corrected chi connectivity index (χ3v) is 2.65. The first-order valence-corrected chi connectivity index (χ1v) is 5.62. The SMILES string of the molecule is C=C/C=C(\C=C)Cc1nc2ccc(C)cc2[nH]1. The van der Waals surface area contributed by atoms with Gasteiger partial charge in [-0.2, -0.15) is 0 Å². The lowest BCUT2D eigenvalue weighted by Crippen LogP contribution is -1.89. The number of hydrogen-bond donors (Lipinski definition) is 1. The average molecular weight is 224 g/mol. The van der Waals surface area contributed by atoms with Gasteiger partial charge >= 0.3 is 0 Å². The van der Waals surface area contributed by atoms with E-state index in [-0.39, 0.29) is 0 Å². The number of nitrogens with zero attached hydrogens (tertiary/aromatic N) is 1. The van der Waals surface area contributed by atoms with Crippen molar-refractivity contribution < 1.29 is 0 Å². The molecular weight excluding hydrogens is 208 g/mol. The first-order valence-electron chi connectivity index (χ1n) is 5.62. The molecule has 2 rings (SSSR count). The topological polar surface area (TPSA) is 28.7 Å². The van der Waals surface area contributed by atoms with E-state index in [1.54, 1.807) is 6.08 Å². The van der Waals surface area contributed by atoms with Gasteiger partial charge in [-0.3, -0.25) is 0 Å². The van der Waals surface area contributed by atoms with Gasteiger partial charge in [-0.15, -0.1) is 0 Å². The van der Waals surface area contributed by atoms with Crippen LogP contribution in [-0.4, -0.2) is 9.97 Å². The number of fused-ring (bicyclic) bond motifs is 1. The van der Waals surface area contributed by atoms with Crippen LogP contribution in [0.25, 0.3) is 11.0 Å². The smallest absolute Gasteiger partial charge is 0.111 e. The molecule has 0 aliphatic rings. The predicted molar refractivity (Wildman–Crippen MR) is 73.0 cm³/mol. The molecule has 0 unspecified atom stereocenters. The summed E-state index contributed by atoms with van der Waals surface area (Å²) in [6, 6.07) is 6.22. The highest BCUT2D eigenvalue weighted by molar-refractivity contribution is 5.75. The van der Waals surface area contributed by atoms with Gasteiger partial charge in [-0.1, -0.05) is 37.5 Å². The Morgan fingerprint density at radius 3 is 2.94 bits per heavy atom. The van der Waals surface area contributed by atoms with Crippen molar-refractivity contribution in [1.29, 1.82) is 0 Å².